The fourth-order valence-corrected chi connectivity index (χ4v) is 3.74. The topological polar surface area (TPSA) is 51.2 Å². The number of ether oxygens (including phenoxy) is 1. The lowest BCUT2D eigenvalue weighted by molar-refractivity contribution is -0.0498. The minimum Gasteiger partial charge on any atom is -0.435 e. The molecule has 1 atom stereocenters. The molecule has 1 amide bonds. The molecule has 122 valence electrons. The Kier molecular flexibility index (Phi) is 4.56. The van der Waals surface area contributed by atoms with Crippen LogP contribution in [0.4, 0.5) is 13.9 Å². The van der Waals surface area contributed by atoms with Gasteiger partial charge in [0.25, 0.3) is 5.91 Å². The minimum atomic E-state index is -2.92. The number of nitrogens with one attached hydrogen (secondary N) is 1. The molecule has 1 aliphatic carbocycles. The number of aryl methyl sites for hydroxylation is 1. The van der Waals surface area contributed by atoms with Crippen LogP contribution in [0.15, 0.2) is 24.3 Å². The quantitative estimate of drug-likeness (QED) is 0.912. The molecule has 1 aromatic heterocycles. The molecule has 1 aromatic carbocycles. The number of alkyl halides is 2. The van der Waals surface area contributed by atoms with Gasteiger partial charge in [0.1, 0.15) is 5.75 Å². The average molecular weight is 338 g/mol. The summed E-state index contributed by atoms with van der Waals surface area (Å²) in [7, 11) is 0. The van der Waals surface area contributed by atoms with Crippen LogP contribution < -0.4 is 10.1 Å². The number of hydrogen-bond acceptors (Lipinski definition) is 4. The zero-order chi connectivity index (χ0) is 16.4. The highest BCUT2D eigenvalue weighted by Gasteiger charge is 2.20. The van der Waals surface area contributed by atoms with Crippen molar-refractivity contribution < 1.29 is 18.3 Å². The number of hydrogen-bond donors (Lipinski definition) is 1. The lowest BCUT2D eigenvalue weighted by Crippen LogP contribution is -2.12. The molecule has 0 fully saturated rings. The van der Waals surface area contributed by atoms with Crippen molar-refractivity contribution in [2.45, 2.75) is 32.8 Å². The molecule has 0 saturated heterocycles. The van der Waals surface area contributed by atoms with Crippen molar-refractivity contribution in [2.75, 3.05) is 5.32 Å². The number of anilines is 1. The van der Waals surface area contributed by atoms with Gasteiger partial charge in [-0.25, -0.2) is 4.98 Å². The van der Waals surface area contributed by atoms with Gasteiger partial charge in [-0.3, -0.25) is 10.1 Å². The number of rotatable bonds is 4. The van der Waals surface area contributed by atoms with E-state index in [2.05, 4.69) is 22.0 Å². The minimum absolute atomic E-state index is 0.0418. The first-order valence-corrected chi connectivity index (χ1v) is 8.17. The Morgan fingerprint density at radius 3 is 3.09 bits per heavy atom. The van der Waals surface area contributed by atoms with E-state index in [0.29, 0.717) is 11.0 Å². The third-order valence-electron chi connectivity index (χ3n) is 3.73. The van der Waals surface area contributed by atoms with E-state index in [4.69, 9.17) is 0 Å². The normalized spacial score (nSPS) is 17.0. The molecule has 1 aliphatic rings. The number of aromatic nitrogens is 1. The second kappa shape index (κ2) is 6.62. The highest BCUT2D eigenvalue weighted by atomic mass is 32.1. The van der Waals surface area contributed by atoms with Crippen LogP contribution in [0, 0.1) is 5.92 Å². The van der Waals surface area contributed by atoms with Gasteiger partial charge in [0.2, 0.25) is 0 Å². The van der Waals surface area contributed by atoms with Gasteiger partial charge in [-0.2, -0.15) is 8.78 Å². The van der Waals surface area contributed by atoms with Crippen molar-refractivity contribution in [3.8, 4) is 5.75 Å². The van der Waals surface area contributed by atoms with Crippen molar-refractivity contribution in [1.29, 1.82) is 0 Å². The fraction of sp³-hybridized carbons (Fsp3) is 0.375. The molecule has 1 unspecified atom stereocenters. The molecule has 4 nitrogen and oxygen atoms in total. The molecule has 0 bridgehead atoms. The van der Waals surface area contributed by atoms with E-state index < -0.39 is 6.61 Å². The average Bonchev–Trinajstić information content (AvgIpc) is 2.88. The molecule has 2 aromatic rings. The number of benzene rings is 1. The second-order valence-corrected chi connectivity index (χ2v) is 6.68. The van der Waals surface area contributed by atoms with Crippen LogP contribution in [0.25, 0.3) is 0 Å². The first-order valence-electron chi connectivity index (χ1n) is 7.36. The summed E-state index contributed by atoms with van der Waals surface area (Å²) in [5.74, 6) is 0.207. The highest BCUT2D eigenvalue weighted by Crippen LogP contribution is 2.32. The van der Waals surface area contributed by atoms with E-state index in [-0.39, 0.29) is 17.2 Å². The first kappa shape index (κ1) is 15.9. The summed E-state index contributed by atoms with van der Waals surface area (Å²) in [6.07, 6.45) is 3.03. The van der Waals surface area contributed by atoms with Gasteiger partial charge in [-0.1, -0.05) is 13.0 Å². The summed E-state index contributed by atoms with van der Waals surface area (Å²) in [6.45, 7) is -0.712. The van der Waals surface area contributed by atoms with Crippen LogP contribution in [-0.2, 0) is 12.8 Å². The van der Waals surface area contributed by atoms with Crippen LogP contribution in [-0.4, -0.2) is 17.5 Å². The van der Waals surface area contributed by atoms with Crippen molar-refractivity contribution in [2.24, 2.45) is 5.92 Å². The molecule has 0 aliphatic heterocycles. The summed E-state index contributed by atoms with van der Waals surface area (Å²) in [4.78, 5) is 17.9. The van der Waals surface area contributed by atoms with Crippen LogP contribution in [0.1, 0.15) is 34.3 Å². The van der Waals surface area contributed by atoms with Gasteiger partial charge in [0, 0.05) is 10.4 Å². The number of fused-ring (bicyclic) bond motifs is 1. The van der Waals surface area contributed by atoms with Gasteiger partial charge in [0.15, 0.2) is 5.13 Å². The number of nitrogens with zero attached hydrogens (tertiary/aromatic N) is 1. The zero-order valence-corrected chi connectivity index (χ0v) is 13.3. The standard InChI is InChI=1S/C16H16F2N2O2S/c1-9-5-6-12-13(7-9)23-16(19-12)20-14(21)10-3-2-4-11(8-10)22-15(17)18/h2-4,8-9,15H,5-7H2,1H3,(H,19,20,21). The Balaban J connectivity index is 1.72. The third kappa shape index (κ3) is 3.85. The third-order valence-corrected chi connectivity index (χ3v) is 4.76. The van der Waals surface area contributed by atoms with Gasteiger partial charge in [-0.15, -0.1) is 11.3 Å². The van der Waals surface area contributed by atoms with Crippen LogP contribution in [0.5, 0.6) is 5.75 Å². The summed E-state index contributed by atoms with van der Waals surface area (Å²) < 4.78 is 28.8. The van der Waals surface area contributed by atoms with E-state index in [9.17, 15) is 13.6 Å². The van der Waals surface area contributed by atoms with E-state index in [0.717, 1.165) is 25.0 Å². The number of halogens is 2. The predicted octanol–water partition coefficient (Wildman–Crippen LogP) is 4.12. The smallest absolute Gasteiger partial charge is 0.387 e. The van der Waals surface area contributed by atoms with Crippen LogP contribution in [0.2, 0.25) is 0 Å². The molecule has 7 heteroatoms. The Labute approximate surface area is 136 Å². The van der Waals surface area contributed by atoms with Crippen molar-refractivity contribution in [1.82, 2.24) is 4.98 Å². The molecule has 0 saturated carbocycles. The lowest BCUT2D eigenvalue weighted by Gasteiger charge is -2.15. The Hall–Kier alpha value is -2.02. The summed E-state index contributed by atoms with van der Waals surface area (Å²) in [5, 5.41) is 3.29. The summed E-state index contributed by atoms with van der Waals surface area (Å²) >= 11 is 1.48. The maximum atomic E-state index is 12.2. The first-order chi connectivity index (χ1) is 11.0. The lowest BCUT2D eigenvalue weighted by atomic mass is 9.93. The Morgan fingerprint density at radius 1 is 1.48 bits per heavy atom. The SMILES string of the molecule is CC1CCc2nc(NC(=O)c3cccc(OC(F)F)c3)sc2C1. The van der Waals surface area contributed by atoms with E-state index in [1.54, 1.807) is 6.07 Å². The summed E-state index contributed by atoms with van der Waals surface area (Å²) in [6, 6.07) is 5.72. The molecular weight excluding hydrogens is 322 g/mol. The zero-order valence-electron chi connectivity index (χ0n) is 12.5. The summed E-state index contributed by atoms with van der Waals surface area (Å²) in [5.41, 5.74) is 1.31. The molecule has 1 N–H and O–H groups in total. The number of carbonyl (C=O) groups excluding carboxylic acids is 1. The van der Waals surface area contributed by atoms with E-state index in [1.165, 1.54) is 34.4 Å². The van der Waals surface area contributed by atoms with Crippen molar-refractivity contribution in [3.05, 3.63) is 40.4 Å². The van der Waals surface area contributed by atoms with Gasteiger partial charge >= 0.3 is 6.61 Å². The van der Waals surface area contributed by atoms with Gasteiger partial charge in [-0.05, 0) is 43.4 Å². The predicted molar refractivity (Wildman–Crippen MR) is 84.3 cm³/mol. The highest BCUT2D eigenvalue weighted by molar-refractivity contribution is 7.15. The monoisotopic (exact) mass is 338 g/mol. The molecule has 0 radical (unpaired) electrons. The van der Waals surface area contributed by atoms with E-state index >= 15 is 0 Å². The largest absolute Gasteiger partial charge is 0.435 e. The fourth-order valence-electron chi connectivity index (χ4n) is 2.58. The van der Waals surface area contributed by atoms with Gasteiger partial charge < -0.3 is 4.74 Å². The molecule has 23 heavy (non-hydrogen) atoms. The Bertz CT molecular complexity index is 718. The maximum absolute atomic E-state index is 12.2. The van der Waals surface area contributed by atoms with Crippen molar-refractivity contribution in [3.63, 3.8) is 0 Å². The molecule has 0 spiro atoms. The van der Waals surface area contributed by atoms with E-state index in [1.807, 2.05) is 0 Å². The van der Waals surface area contributed by atoms with Crippen LogP contribution in [0.3, 0.4) is 0 Å². The maximum Gasteiger partial charge on any atom is 0.387 e. The number of carbonyl (C=O) groups is 1. The number of amides is 1. The van der Waals surface area contributed by atoms with Crippen LogP contribution >= 0.6 is 11.3 Å². The molecule has 1 heterocycles. The number of thiazole rings is 1. The van der Waals surface area contributed by atoms with Crippen molar-refractivity contribution >= 4 is 22.4 Å². The Morgan fingerprint density at radius 2 is 2.30 bits per heavy atom. The molecular formula is C16H16F2N2O2S. The molecule has 3 rings (SSSR count). The van der Waals surface area contributed by atoms with Gasteiger partial charge in [0.05, 0.1) is 5.69 Å². The second-order valence-electron chi connectivity index (χ2n) is 5.60.